The first kappa shape index (κ1) is 15.6. The summed E-state index contributed by atoms with van der Waals surface area (Å²) < 4.78 is 5.14. The van der Waals surface area contributed by atoms with Crippen LogP contribution >= 0.6 is 12.4 Å². The molecule has 0 radical (unpaired) electrons. The lowest BCUT2D eigenvalue weighted by Crippen LogP contribution is -2.47. The van der Waals surface area contributed by atoms with E-state index in [1.807, 2.05) is 4.90 Å². The molecule has 1 saturated heterocycles. The number of ether oxygens (including phenoxy) is 1. The van der Waals surface area contributed by atoms with E-state index < -0.39 is 0 Å². The number of hydrogen-bond donors (Lipinski definition) is 1. The number of hydrogen-bond acceptors (Lipinski definition) is 4. The third-order valence-corrected chi connectivity index (χ3v) is 3.27. The van der Waals surface area contributed by atoms with Gasteiger partial charge in [0.2, 0.25) is 0 Å². The maximum atomic E-state index is 12.3. The van der Waals surface area contributed by atoms with Crippen LogP contribution in [0, 0.1) is 0 Å². The van der Waals surface area contributed by atoms with Crippen LogP contribution in [-0.2, 0) is 0 Å². The largest absolute Gasteiger partial charge is 0.495 e. The Kier molecular flexibility index (Phi) is 5.44. The highest BCUT2D eigenvalue weighted by atomic mass is 35.5. The fourth-order valence-corrected chi connectivity index (χ4v) is 2.04. The standard InChI is InChI=1S/C13H19N3O2.ClH/c1-15-5-7-16(8-6-15)13(17)10-3-4-11(14)12(9-10)18-2;/h3-4,9H,5-8,14H2,1-2H3;1H. The molecule has 1 aromatic carbocycles. The number of benzene rings is 1. The van der Waals surface area contributed by atoms with Gasteiger partial charge in [-0.1, -0.05) is 0 Å². The summed E-state index contributed by atoms with van der Waals surface area (Å²) in [6, 6.07) is 5.16. The molecular formula is C13H20ClN3O2. The first-order valence-corrected chi connectivity index (χ1v) is 6.03. The van der Waals surface area contributed by atoms with Gasteiger partial charge in [-0.25, -0.2) is 0 Å². The van der Waals surface area contributed by atoms with Crippen molar-refractivity contribution in [3.05, 3.63) is 23.8 Å². The van der Waals surface area contributed by atoms with Gasteiger partial charge >= 0.3 is 0 Å². The van der Waals surface area contributed by atoms with Gasteiger partial charge < -0.3 is 20.3 Å². The second-order valence-corrected chi connectivity index (χ2v) is 4.55. The molecule has 0 atom stereocenters. The van der Waals surface area contributed by atoms with E-state index in [4.69, 9.17) is 10.5 Å². The maximum absolute atomic E-state index is 12.3. The lowest BCUT2D eigenvalue weighted by Gasteiger charge is -2.32. The molecule has 2 N–H and O–H groups in total. The number of piperazine rings is 1. The Morgan fingerprint density at radius 1 is 1.26 bits per heavy atom. The minimum atomic E-state index is 0. The fourth-order valence-electron chi connectivity index (χ4n) is 2.04. The number of halogens is 1. The molecule has 0 bridgehead atoms. The van der Waals surface area contributed by atoms with Crippen molar-refractivity contribution < 1.29 is 9.53 Å². The van der Waals surface area contributed by atoms with Crippen LogP contribution in [0.2, 0.25) is 0 Å². The first-order valence-electron chi connectivity index (χ1n) is 6.03. The normalized spacial score (nSPS) is 15.8. The van der Waals surface area contributed by atoms with E-state index in [0.29, 0.717) is 17.0 Å². The Balaban J connectivity index is 0.00000180. The Morgan fingerprint density at radius 3 is 2.47 bits per heavy atom. The van der Waals surface area contributed by atoms with Gasteiger partial charge in [0.05, 0.1) is 12.8 Å². The number of rotatable bonds is 2. The predicted octanol–water partition coefficient (Wildman–Crippen LogP) is 1.09. The van der Waals surface area contributed by atoms with Crippen LogP contribution < -0.4 is 10.5 Å². The van der Waals surface area contributed by atoms with Crippen molar-refractivity contribution in [1.82, 2.24) is 9.80 Å². The molecule has 0 aromatic heterocycles. The second kappa shape index (κ2) is 6.63. The van der Waals surface area contributed by atoms with Crippen molar-refractivity contribution >= 4 is 24.0 Å². The fraction of sp³-hybridized carbons (Fsp3) is 0.462. The number of carbonyl (C=O) groups is 1. The van der Waals surface area contributed by atoms with E-state index >= 15 is 0 Å². The maximum Gasteiger partial charge on any atom is 0.254 e. The molecule has 19 heavy (non-hydrogen) atoms. The number of nitrogen functional groups attached to an aromatic ring is 1. The van der Waals surface area contributed by atoms with Gasteiger partial charge in [-0.05, 0) is 25.2 Å². The van der Waals surface area contributed by atoms with E-state index in [0.717, 1.165) is 26.2 Å². The Morgan fingerprint density at radius 2 is 1.89 bits per heavy atom. The average Bonchev–Trinajstić information content (AvgIpc) is 2.39. The summed E-state index contributed by atoms with van der Waals surface area (Å²) >= 11 is 0. The number of carbonyl (C=O) groups excluding carboxylic acids is 1. The molecule has 0 unspecified atom stereocenters. The van der Waals surface area contributed by atoms with Crippen LogP contribution in [-0.4, -0.2) is 56.0 Å². The van der Waals surface area contributed by atoms with Crippen molar-refractivity contribution in [3.63, 3.8) is 0 Å². The zero-order valence-electron chi connectivity index (χ0n) is 11.3. The second-order valence-electron chi connectivity index (χ2n) is 4.55. The Hall–Kier alpha value is -1.46. The molecule has 1 fully saturated rings. The van der Waals surface area contributed by atoms with Crippen molar-refractivity contribution in [1.29, 1.82) is 0 Å². The summed E-state index contributed by atoms with van der Waals surface area (Å²) in [5, 5.41) is 0. The van der Waals surface area contributed by atoms with Crippen LogP contribution in [0.4, 0.5) is 5.69 Å². The Labute approximate surface area is 119 Å². The highest BCUT2D eigenvalue weighted by Gasteiger charge is 2.20. The number of anilines is 1. The zero-order valence-corrected chi connectivity index (χ0v) is 12.1. The molecule has 1 aliphatic heterocycles. The van der Waals surface area contributed by atoms with Gasteiger partial charge in [0.1, 0.15) is 5.75 Å². The highest BCUT2D eigenvalue weighted by molar-refractivity contribution is 5.95. The summed E-state index contributed by atoms with van der Waals surface area (Å²) in [7, 11) is 3.61. The van der Waals surface area contributed by atoms with Gasteiger partial charge in [-0.3, -0.25) is 4.79 Å². The molecule has 6 heteroatoms. The number of amides is 1. The lowest BCUT2D eigenvalue weighted by atomic mass is 10.1. The topological polar surface area (TPSA) is 58.8 Å². The minimum absolute atomic E-state index is 0. The van der Waals surface area contributed by atoms with E-state index in [1.165, 1.54) is 0 Å². The number of likely N-dealkylation sites (N-methyl/N-ethyl adjacent to an activating group) is 1. The van der Waals surface area contributed by atoms with Crippen molar-refractivity contribution in [3.8, 4) is 5.75 Å². The summed E-state index contributed by atoms with van der Waals surface area (Å²) in [5.74, 6) is 0.594. The smallest absolute Gasteiger partial charge is 0.254 e. The summed E-state index contributed by atoms with van der Waals surface area (Å²) in [6.07, 6.45) is 0. The van der Waals surface area contributed by atoms with Gasteiger partial charge in [-0.2, -0.15) is 0 Å². The molecule has 2 rings (SSSR count). The number of nitrogens with zero attached hydrogens (tertiary/aromatic N) is 2. The molecule has 5 nitrogen and oxygen atoms in total. The third-order valence-electron chi connectivity index (χ3n) is 3.27. The van der Waals surface area contributed by atoms with Crippen molar-refractivity contribution in [2.75, 3.05) is 46.1 Å². The van der Waals surface area contributed by atoms with E-state index in [1.54, 1.807) is 25.3 Å². The first-order chi connectivity index (χ1) is 8.61. The number of nitrogens with two attached hydrogens (primary N) is 1. The third kappa shape index (κ3) is 3.52. The molecule has 0 aliphatic carbocycles. The molecule has 106 valence electrons. The molecule has 0 saturated carbocycles. The van der Waals surface area contributed by atoms with E-state index in [2.05, 4.69) is 11.9 Å². The Bertz CT molecular complexity index is 446. The summed E-state index contributed by atoms with van der Waals surface area (Å²) in [6.45, 7) is 3.36. The monoisotopic (exact) mass is 285 g/mol. The molecule has 0 spiro atoms. The quantitative estimate of drug-likeness (QED) is 0.827. The van der Waals surface area contributed by atoms with Crippen molar-refractivity contribution in [2.24, 2.45) is 0 Å². The number of methoxy groups -OCH3 is 1. The van der Waals surface area contributed by atoms with E-state index in [-0.39, 0.29) is 18.3 Å². The average molecular weight is 286 g/mol. The predicted molar refractivity (Wildman–Crippen MR) is 78.1 cm³/mol. The van der Waals surface area contributed by atoms with Crippen LogP contribution in [0.3, 0.4) is 0 Å². The van der Waals surface area contributed by atoms with Crippen LogP contribution in [0.15, 0.2) is 18.2 Å². The van der Waals surface area contributed by atoms with Crippen LogP contribution in [0.1, 0.15) is 10.4 Å². The molecule has 1 amide bonds. The molecule has 1 heterocycles. The summed E-state index contributed by atoms with van der Waals surface area (Å²) in [4.78, 5) is 16.4. The lowest BCUT2D eigenvalue weighted by molar-refractivity contribution is 0.0664. The van der Waals surface area contributed by atoms with Crippen LogP contribution in [0.25, 0.3) is 0 Å². The minimum Gasteiger partial charge on any atom is -0.495 e. The zero-order chi connectivity index (χ0) is 13.1. The van der Waals surface area contributed by atoms with Gasteiger partial charge in [0.25, 0.3) is 5.91 Å². The SMILES string of the molecule is COc1cc(C(=O)N2CCN(C)CC2)ccc1N.Cl. The van der Waals surface area contributed by atoms with Crippen LogP contribution in [0.5, 0.6) is 5.75 Å². The van der Waals surface area contributed by atoms with Crippen molar-refractivity contribution in [2.45, 2.75) is 0 Å². The van der Waals surface area contributed by atoms with E-state index in [9.17, 15) is 4.79 Å². The molecule has 1 aromatic rings. The summed E-state index contributed by atoms with van der Waals surface area (Å²) in [5.41, 5.74) is 6.92. The molecular weight excluding hydrogens is 266 g/mol. The molecule has 1 aliphatic rings. The van der Waals surface area contributed by atoms with Gasteiger partial charge in [-0.15, -0.1) is 12.4 Å². The van der Waals surface area contributed by atoms with Gasteiger partial charge in [0, 0.05) is 31.7 Å². The highest BCUT2D eigenvalue weighted by Crippen LogP contribution is 2.23. The van der Waals surface area contributed by atoms with Gasteiger partial charge in [0.15, 0.2) is 0 Å².